The summed E-state index contributed by atoms with van der Waals surface area (Å²) in [7, 11) is -2.74. The Balaban J connectivity index is 2.22. The van der Waals surface area contributed by atoms with Gasteiger partial charge in [0.15, 0.2) is 9.84 Å². The van der Waals surface area contributed by atoms with Gasteiger partial charge in [-0.2, -0.15) is 0 Å². The quantitative estimate of drug-likeness (QED) is 0.680. The van der Waals surface area contributed by atoms with E-state index in [2.05, 4.69) is 12.2 Å². The Morgan fingerprint density at radius 3 is 2.77 bits per heavy atom. The van der Waals surface area contributed by atoms with Crippen LogP contribution in [-0.2, 0) is 9.84 Å². The van der Waals surface area contributed by atoms with Gasteiger partial charge >= 0.3 is 0 Å². The molecule has 1 aliphatic heterocycles. The number of unbranched alkanes of at least 4 members (excludes halogenated alkanes) is 1. The first-order valence-corrected chi connectivity index (χ1v) is 6.80. The second kappa shape index (κ2) is 4.96. The summed E-state index contributed by atoms with van der Waals surface area (Å²) in [6, 6.07) is 0. The number of hydrogen-bond donors (Lipinski definition) is 1. The lowest BCUT2D eigenvalue weighted by Gasteiger charge is -2.09. The highest BCUT2D eigenvalue weighted by atomic mass is 32.2. The van der Waals surface area contributed by atoms with Crippen LogP contribution in [0.4, 0.5) is 0 Å². The number of hydrogen-bond acceptors (Lipinski definition) is 3. The maximum absolute atomic E-state index is 11.4. The first kappa shape index (κ1) is 11.0. The average molecular weight is 205 g/mol. The van der Waals surface area contributed by atoms with Gasteiger partial charge in [-0.1, -0.05) is 13.3 Å². The molecule has 0 bridgehead atoms. The smallest absolute Gasteiger partial charge is 0.154 e. The number of sulfone groups is 1. The number of nitrogens with one attached hydrogen (secondary N) is 1. The molecule has 0 radical (unpaired) electrons. The summed E-state index contributed by atoms with van der Waals surface area (Å²) in [6.45, 7) is 3.73. The predicted molar refractivity (Wildman–Crippen MR) is 54.6 cm³/mol. The molecular weight excluding hydrogens is 186 g/mol. The molecular formula is C9H19NO2S. The molecule has 1 unspecified atom stereocenters. The van der Waals surface area contributed by atoms with Crippen LogP contribution in [0.25, 0.3) is 0 Å². The molecule has 0 amide bonds. The summed E-state index contributed by atoms with van der Waals surface area (Å²) < 4.78 is 22.8. The van der Waals surface area contributed by atoms with Crippen molar-refractivity contribution in [2.45, 2.75) is 37.9 Å². The van der Waals surface area contributed by atoms with Crippen LogP contribution in [0.5, 0.6) is 0 Å². The van der Waals surface area contributed by atoms with Crippen LogP contribution in [0.15, 0.2) is 0 Å². The van der Waals surface area contributed by atoms with Gasteiger partial charge in [-0.25, -0.2) is 8.42 Å². The normalized spacial score (nSPS) is 26.4. The Morgan fingerprint density at radius 2 is 2.23 bits per heavy atom. The van der Waals surface area contributed by atoms with Crippen LogP contribution in [0, 0.1) is 0 Å². The lowest BCUT2D eigenvalue weighted by molar-refractivity contribution is 0.568. The van der Waals surface area contributed by atoms with E-state index >= 15 is 0 Å². The highest BCUT2D eigenvalue weighted by Crippen LogP contribution is 2.18. The van der Waals surface area contributed by atoms with Crippen molar-refractivity contribution in [3.63, 3.8) is 0 Å². The van der Waals surface area contributed by atoms with Crippen molar-refractivity contribution < 1.29 is 8.42 Å². The summed E-state index contributed by atoms with van der Waals surface area (Å²) >= 11 is 0. The first-order chi connectivity index (χ1) is 6.17. The molecule has 1 saturated heterocycles. The zero-order valence-corrected chi connectivity index (χ0v) is 9.07. The molecule has 1 atom stereocenters. The van der Waals surface area contributed by atoms with Crippen molar-refractivity contribution in [1.29, 1.82) is 0 Å². The SMILES string of the molecule is CCCCNCC1CCCS1(=O)=O. The van der Waals surface area contributed by atoms with Gasteiger partial charge in [-0.15, -0.1) is 0 Å². The van der Waals surface area contributed by atoms with Gasteiger partial charge in [0, 0.05) is 6.54 Å². The van der Waals surface area contributed by atoms with E-state index in [9.17, 15) is 8.42 Å². The van der Waals surface area contributed by atoms with E-state index in [4.69, 9.17) is 0 Å². The number of rotatable bonds is 5. The summed E-state index contributed by atoms with van der Waals surface area (Å²) in [5.74, 6) is 0.396. The molecule has 0 aromatic carbocycles. The molecule has 0 aromatic heterocycles. The molecule has 1 heterocycles. The third-order valence-electron chi connectivity index (χ3n) is 2.54. The van der Waals surface area contributed by atoms with Crippen molar-refractivity contribution in [2.75, 3.05) is 18.8 Å². The van der Waals surface area contributed by atoms with Crippen LogP contribution in [0.3, 0.4) is 0 Å². The van der Waals surface area contributed by atoms with Gasteiger partial charge in [0.1, 0.15) is 0 Å². The van der Waals surface area contributed by atoms with Crippen molar-refractivity contribution in [1.82, 2.24) is 5.32 Å². The minimum atomic E-state index is -2.74. The van der Waals surface area contributed by atoms with E-state index in [-0.39, 0.29) is 5.25 Å². The fourth-order valence-corrected chi connectivity index (χ4v) is 3.45. The highest BCUT2D eigenvalue weighted by molar-refractivity contribution is 7.92. The zero-order chi connectivity index (χ0) is 9.73. The monoisotopic (exact) mass is 205 g/mol. The maximum Gasteiger partial charge on any atom is 0.154 e. The Morgan fingerprint density at radius 1 is 1.46 bits per heavy atom. The lowest BCUT2D eigenvalue weighted by Crippen LogP contribution is -2.31. The summed E-state index contributed by atoms with van der Waals surface area (Å²) in [5.41, 5.74) is 0. The van der Waals surface area contributed by atoms with Crippen LogP contribution in [0.2, 0.25) is 0 Å². The third-order valence-corrected chi connectivity index (χ3v) is 4.82. The molecule has 78 valence electrons. The van der Waals surface area contributed by atoms with Crippen LogP contribution in [0.1, 0.15) is 32.6 Å². The lowest BCUT2D eigenvalue weighted by atomic mass is 10.2. The van der Waals surface area contributed by atoms with Crippen molar-refractivity contribution >= 4 is 9.84 Å². The fraction of sp³-hybridized carbons (Fsp3) is 1.00. The summed E-state index contributed by atoms with van der Waals surface area (Å²) in [6.07, 6.45) is 3.99. The van der Waals surface area contributed by atoms with Crippen LogP contribution in [-0.4, -0.2) is 32.5 Å². The van der Waals surface area contributed by atoms with E-state index in [1.807, 2.05) is 0 Å². The van der Waals surface area contributed by atoms with Gasteiger partial charge in [-0.05, 0) is 25.8 Å². The second-order valence-corrected chi connectivity index (χ2v) is 6.09. The summed E-state index contributed by atoms with van der Waals surface area (Å²) in [4.78, 5) is 0. The van der Waals surface area contributed by atoms with Gasteiger partial charge in [0.05, 0.1) is 11.0 Å². The Labute approximate surface area is 80.8 Å². The topological polar surface area (TPSA) is 46.2 Å². The van der Waals surface area contributed by atoms with E-state index in [0.29, 0.717) is 12.3 Å². The molecule has 0 aliphatic carbocycles. The molecule has 0 aromatic rings. The predicted octanol–water partition coefficient (Wildman–Crippen LogP) is 0.953. The molecule has 13 heavy (non-hydrogen) atoms. The van der Waals surface area contributed by atoms with Crippen molar-refractivity contribution in [3.05, 3.63) is 0 Å². The summed E-state index contributed by atoms with van der Waals surface area (Å²) in [5, 5.41) is 3.10. The molecule has 1 fully saturated rings. The van der Waals surface area contributed by atoms with Crippen LogP contribution < -0.4 is 5.32 Å². The van der Waals surface area contributed by atoms with Gasteiger partial charge in [0.25, 0.3) is 0 Å². The zero-order valence-electron chi connectivity index (χ0n) is 8.25. The average Bonchev–Trinajstić information content (AvgIpc) is 2.40. The Hall–Kier alpha value is -0.0900. The van der Waals surface area contributed by atoms with E-state index in [1.165, 1.54) is 0 Å². The maximum atomic E-state index is 11.4. The van der Waals surface area contributed by atoms with Gasteiger partial charge in [0.2, 0.25) is 0 Å². The largest absolute Gasteiger partial charge is 0.315 e. The molecule has 0 spiro atoms. The van der Waals surface area contributed by atoms with Gasteiger partial charge < -0.3 is 5.32 Å². The van der Waals surface area contributed by atoms with Crippen molar-refractivity contribution in [3.8, 4) is 0 Å². The third kappa shape index (κ3) is 3.27. The first-order valence-electron chi connectivity index (χ1n) is 5.09. The van der Waals surface area contributed by atoms with E-state index < -0.39 is 9.84 Å². The minimum absolute atomic E-state index is 0.107. The highest BCUT2D eigenvalue weighted by Gasteiger charge is 2.30. The standard InChI is InChI=1S/C9H19NO2S/c1-2-3-6-10-8-9-5-4-7-13(9,11)12/h9-10H,2-8H2,1H3. The van der Waals surface area contributed by atoms with Gasteiger partial charge in [-0.3, -0.25) is 0 Å². The van der Waals surface area contributed by atoms with Crippen LogP contribution >= 0.6 is 0 Å². The van der Waals surface area contributed by atoms with Crippen molar-refractivity contribution in [2.24, 2.45) is 0 Å². The van der Waals surface area contributed by atoms with E-state index in [1.54, 1.807) is 0 Å². The Bertz CT molecular complexity index is 236. The molecule has 1 rings (SSSR count). The fourth-order valence-electron chi connectivity index (χ4n) is 1.65. The molecule has 1 aliphatic rings. The molecule has 3 nitrogen and oxygen atoms in total. The molecule has 4 heteroatoms. The second-order valence-electron chi connectivity index (χ2n) is 3.69. The Kier molecular flexibility index (Phi) is 4.19. The van der Waals surface area contributed by atoms with E-state index in [0.717, 1.165) is 32.2 Å². The molecule has 0 saturated carbocycles. The minimum Gasteiger partial charge on any atom is -0.315 e. The molecule has 1 N–H and O–H groups in total.